The van der Waals surface area contributed by atoms with Crippen molar-refractivity contribution in [1.29, 1.82) is 0 Å². The van der Waals surface area contributed by atoms with E-state index in [0.29, 0.717) is 56.0 Å². The number of methoxy groups -OCH3 is 1. The molecule has 0 spiro atoms. The molecular formula is C40H58N12O5S. The van der Waals surface area contributed by atoms with Crippen LogP contribution in [0, 0.1) is 0 Å². The first kappa shape index (κ1) is 42.7. The third-order valence-corrected chi connectivity index (χ3v) is 12.1. The number of hydrogen-bond acceptors (Lipinski definition) is 14. The SMILES string of the molecule is COc1ccc(S(=O)(=O)NC(=O)[C@@H](N)CCC(=O)N2CCC(Nc3nc(NCc4cn(CCCNCCCNC5CCCCC5)nn4)nc4ccccc34)CC2)cc1. The Bertz CT molecular complexity index is 2030. The van der Waals surface area contributed by atoms with Crippen LogP contribution >= 0.6 is 0 Å². The van der Waals surface area contributed by atoms with Gasteiger partial charge in [0.25, 0.3) is 15.9 Å². The van der Waals surface area contributed by atoms with Crippen molar-refractivity contribution in [1.82, 2.24) is 45.2 Å². The fourth-order valence-electron chi connectivity index (χ4n) is 7.34. The molecule has 1 aliphatic heterocycles. The average Bonchev–Trinajstić information content (AvgIpc) is 3.71. The van der Waals surface area contributed by atoms with Gasteiger partial charge in [0.2, 0.25) is 11.9 Å². The van der Waals surface area contributed by atoms with E-state index in [2.05, 4.69) is 31.6 Å². The molecule has 0 unspecified atom stereocenters. The number of hydrogen-bond donors (Lipinski definition) is 6. The van der Waals surface area contributed by atoms with E-state index in [9.17, 15) is 18.0 Å². The average molecular weight is 819 g/mol. The predicted molar refractivity (Wildman–Crippen MR) is 223 cm³/mol. The Hall–Kier alpha value is -4.91. The standard InChI is InChI=1S/C40H58N12O5S/c1-57-32-13-15-33(16-14-32)58(55,56)49-39(54)35(41)17-18-37(53)51-25-19-30(20-26-51)45-38-34-11-5-6-12-36(34)46-40(47-38)44-27-31-28-52(50-48-31)24-8-22-42-21-7-23-43-29-9-3-2-4-10-29/h5-6,11-16,28-30,35,42-43H,2-4,7-10,17-27,41H2,1H3,(H,49,54)(H2,44,45,46,47)/t35-/m0/s1. The lowest BCUT2D eigenvalue weighted by atomic mass is 9.95. The summed E-state index contributed by atoms with van der Waals surface area (Å²) in [7, 11) is -2.65. The summed E-state index contributed by atoms with van der Waals surface area (Å²) in [6, 6.07) is 13.1. The summed E-state index contributed by atoms with van der Waals surface area (Å²) >= 11 is 0. The van der Waals surface area contributed by atoms with Crippen molar-refractivity contribution < 1.29 is 22.7 Å². The van der Waals surface area contributed by atoms with E-state index in [1.807, 2.05) is 39.9 Å². The molecule has 1 aliphatic carbocycles. The molecule has 2 aromatic carbocycles. The molecule has 2 aromatic heterocycles. The van der Waals surface area contributed by atoms with Gasteiger partial charge < -0.3 is 36.6 Å². The molecule has 7 N–H and O–H groups in total. The number of piperidine rings is 1. The minimum atomic E-state index is -4.12. The number of nitrogens with zero attached hydrogens (tertiary/aromatic N) is 6. The van der Waals surface area contributed by atoms with Crippen LogP contribution in [0.2, 0.25) is 0 Å². The smallest absolute Gasteiger partial charge is 0.264 e. The van der Waals surface area contributed by atoms with Crippen molar-refractivity contribution in [2.45, 2.75) is 107 Å². The van der Waals surface area contributed by atoms with E-state index < -0.39 is 22.0 Å². The van der Waals surface area contributed by atoms with Crippen LogP contribution in [0.1, 0.15) is 76.3 Å². The van der Waals surface area contributed by atoms with E-state index in [4.69, 9.17) is 20.4 Å². The highest BCUT2D eigenvalue weighted by Gasteiger charge is 2.27. The largest absolute Gasteiger partial charge is 0.497 e. The second-order valence-electron chi connectivity index (χ2n) is 15.1. The lowest BCUT2D eigenvalue weighted by Crippen LogP contribution is -2.45. The third kappa shape index (κ3) is 12.5. The van der Waals surface area contributed by atoms with E-state index in [1.165, 1.54) is 63.5 Å². The van der Waals surface area contributed by atoms with Crippen molar-refractivity contribution in [3.63, 3.8) is 0 Å². The van der Waals surface area contributed by atoms with Gasteiger partial charge in [-0.15, -0.1) is 5.10 Å². The van der Waals surface area contributed by atoms with Gasteiger partial charge in [0.15, 0.2) is 0 Å². The molecule has 6 rings (SSSR count). The molecule has 4 aromatic rings. The summed E-state index contributed by atoms with van der Waals surface area (Å²) in [5.74, 6) is 0.658. The first-order chi connectivity index (χ1) is 28.2. The third-order valence-electron chi connectivity index (χ3n) is 10.7. The Kier molecular flexibility index (Phi) is 15.6. The summed E-state index contributed by atoms with van der Waals surface area (Å²) in [5, 5.41) is 23.7. The molecule has 314 valence electrons. The molecule has 1 saturated carbocycles. The van der Waals surface area contributed by atoms with Gasteiger partial charge in [-0.2, -0.15) is 4.98 Å². The number of para-hydroxylation sites is 1. The monoisotopic (exact) mass is 818 g/mol. The van der Waals surface area contributed by atoms with E-state index in [1.54, 1.807) is 4.90 Å². The molecule has 2 fully saturated rings. The number of amides is 2. The first-order valence-electron chi connectivity index (χ1n) is 20.5. The fourth-order valence-corrected chi connectivity index (χ4v) is 8.37. The lowest BCUT2D eigenvalue weighted by molar-refractivity contribution is -0.132. The second-order valence-corrected chi connectivity index (χ2v) is 16.8. The minimum absolute atomic E-state index is 0.00991. The Morgan fingerprint density at radius 2 is 1.69 bits per heavy atom. The number of sulfonamides is 1. The molecule has 0 bridgehead atoms. The van der Waals surface area contributed by atoms with Crippen molar-refractivity contribution in [3.8, 4) is 5.75 Å². The number of carbonyl (C=O) groups is 2. The number of rotatable bonds is 21. The van der Waals surface area contributed by atoms with Crippen LogP contribution in [0.15, 0.2) is 59.6 Å². The van der Waals surface area contributed by atoms with Crippen molar-refractivity contribution in [2.75, 3.05) is 50.5 Å². The lowest BCUT2D eigenvalue weighted by Gasteiger charge is -2.33. The minimum Gasteiger partial charge on any atom is -0.497 e. The van der Waals surface area contributed by atoms with Crippen LogP contribution in [0.4, 0.5) is 11.8 Å². The van der Waals surface area contributed by atoms with Gasteiger partial charge >= 0.3 is 0 Å². The Morgan fingerprint density at radius 1 is 0.931 bits per heavy atom. The molecule has 3 heterocycles. The zero-order valence-electron chi connectivity index (χ0n) is 33.4. The topological polar surface area (TPSA) is 223 Å². The van der Waals surface area contributed by atoms with Crippen LogP contribution < -0.4 is 36.5 Å². The maximum absolute atomic E-state index is 13.1. The maximum Gasteiger partial charge on any atom is 0.264 e. The van der Waals surface area contributed by atoms with Crippen LogP contribution in [0.3, 0.4) is 0 Å². The number of ether oxygens (including phenoxy) is 1. The van der Waals surface area contributed by atoms with Crippen LogP contribution in [-0.4, -0.2) is 108 Å². The Labute approximate surface area is 340 Å². The number of benzene rings is 2. The molecule has 2 amide bonds. The number of nitrogens with two attached hydrogens (primary N) is 1. The quantitative estimate of drug-likeness (QED) is 0.0666. The number of nitrogens with one attached hydrogen (secondary N) is 5. The first-order valence-corrected chi connectivity index (χ1v) is 22.0. The highest BCUT2D eigenvalue weighted by Crippen LogP contribution is 2.25. The molecular weight excluding hydrogens is 761 g/mol. The number of likely N-dealkylation sites (tertiary alicyclic amines) is 1. The summed E-state index contributed by atoms with van der Waals surface area (Å²) in [6.45, 7) is 5.27. The Balaban J connectivity index is 0.906. The molecule has 0 radical (unpaired) electrons. The van der Waals surface area contributed by atoms with Gasteiger partial charge in [-0.3, -0.25) is 14.3 Å². The summed E-state index contributed by atoms with van der Waals surface area (Å²) in [5.41, 5.74) is 7.59. The zero-order chi connectivity index (χ0) is 40.7. The van der Waals surface area contributed by atoms with Gasteiger partial charge in [-0.25, -0.2) is 18.1 Å². The molecule has 17 nitrogen and oxygen atoms in total. The number of aromatic nitrogens is 5. The van der Waals surface area contributed by atoms with E-state index in [0.717, 1.165) is 55.6 Å². The number of fused-ring (bicyclic) bond motifs is 1. The van der Waals surface area contributed by atoms with Gasteiger partial charge in [-0.1, -0.05) is 36.6 Å². The number of anilines is 2. The highest BCUT2D eigenvalue weighted by molar-refractivity contribution is 7.90. The summed E-state index contributed by atoms with van der Waals surface area (Å²) in [6.07, 6.45) is 12.2. The van der Waals surface area contributed by atoms with Gasteiger partial charge in [0.05, 0.1) is 36.3 Å². The van der Waals surface area contributed by atoms with E-state index >= 15 is 0 Å². The highest BCUT2D eigenvalue weighted by atomic mass is 32.2. The second kappa shape index (κ2) is 21.2. The normalized spacial score (nSPS) is 15.9. The predicted octanol–water partition coefficient (Wildman–Crippen LogP) is 3.15. The van der Waals surface area contributed by atoms with Crippen molar-refractivity contribution in [3.05, 3.63) is 60.4 Å². The van der Waals surface area contributed by atoms with Gasteiger partial charge in [-0.05, 0) is 101 Å². The molecule has 1 atom stereocenters. The zero-order valence-corrected chi connectivity index (χ0v) is 34.2. The Morgan fingerprint density at radius 3 is 2.47 bits per heavy atom. The maximum atomic E-state index is 13.1. The van der Waals surface area contributed by atoms with Crippen molar-refractivity contribution >= 4 is 44.5 Å². The van der Waals surface area contributed by atoms with Gasteiger partial charge in [0, 0.05) is 43.5 Å². The van der Waals surface area contributed by atoms with Crippen molar-refractivity contribution in [2.24, 2.45) is 5.73 Å². The van der Waals surface area contributed by atoms with E-state index in [-0.39, 0.29) is 29.7 Å². The fraction of sp³-hybridized carbons (Fsp3) is 0.550. The van der Waals surface area contributed by atoms with Crippen LogP contribution in [0.25, 0.3) is 10.9 Å². The molecule has 18 heteroatoms. The van der Waals surface area contributed by atoms with Gasteiger partial charge in [0.1, 0.15) is 17.3 Å². The molecule has 58 heavy (non-hydrogen) atoms. The molecule has 2 aliphatic rings. The number of carbonyl (C=O) groups excluding carboxylic acids is 2. The summed E-state index contributed by atoms with van der Waals surface area (Å²) < 4.78 is 34.2. The summed E-state index contributed by atoms with van der Waals surface area (Å²) in [4.78, 5) is 36.9. The van der Waals surface area contributed by atoms with Crippen LogP contribution in [-0.2, 0) is 32.7 Å². The van der Waals surface area contributed by atoms with Crippen LogP contribution in [0.5, 0.6) is 5.75 Å². The number of aryl methyl sites for hydroxylation is 1. The molecule has 1 saturated heterocycles.